The van der Waals surface area contributed by atoms with Gasteiger partial charge in [-0.05, 0) is 18.2 Å². The van der Waals surface area contributed by atoms with Gasteiger partial charge in [-0.3, -0.25) is 9.59 Å². The molecular weight excluding hydrogens is 436 g/mol. The number of para-hydroxylation sites is 2. The van der Waals surface area contributed by atoms with Crippen LogP contribution in [-0.2, 0) is 4.74 Å². The molecule has 5 rings (SSSR count). The number of amides is 1. The van der Waals surface area contributed by atoms with Crippen molar-refractivity contribution in [3.05, 3.63) is 69.6 Å². The van der Waals surface area contributed by atoms with E-state index in [1.807, 2.05) is 12.1 Å². The van der Waals surface area contributed by atoms with E-state index in [9.17, 15) is 9.59 Å². The average molecular weight is 466 g/mol. The largest absolute Gasteiger partial charge is 0.493 e. The number of quaternary nitrogens is 1. The first-order valence-corrected chi connectivity index (χ1v) is 11.6. The summed E-state index contributed by atoms with van der Waals surface area (Å²) < 4.78 is 22.7. The van der Waals surface area contributed by atoms with Crippen LogP contribution in [0, 0.1) is 0 Å². The van der Waals surface area contributed by atoms with E-state index >= 15 is 0 Å². The molecule has 3 aromatic rings. The predicted octanol–water partition coefficient (Wildman–Crippen LogP) is 1.66. The van der Waals surface area contributed by atoms with Gasteiger partial charge in [0.05, 0.1) is 51.0 Å². The van der Waals surface area contributed by atoms with Gasteiger partial charge in [0.2, 0.25) is 5.76 Å². The van der Waals surface area contributed by atoms with Crippen LogP contribution >= 0.6 is 0 Å². The number of methoxy groups -OCH3 is 2. The van der Waals surface area contributed by atoms with Gasteiger partial charge < -0.3 is 28.4 Å². The number of carbonyl (C=O) groups is 1. The molecule has 2 aliphatic rings. The van der Waals surface area contributed by atoms with Crippen molar-refractivity contribution >= 4 is 16.9 Å². The monoisotopic (exact) mass is 465 g/mol. The molecule has 0 unspecified atom stereocenters. The summed E-state index contributed by atoms with van der Waals surface area (Å²) in [4.78, 5) is 30.5. The highest BCUT2D eigenvalue weighted by Gasteiger charge is 2.44. The molecule has 1 fully saturated rings. The zero-order valence-corrected chi connectivity index (χ0v) is 19.5. The number of nitrogens with one attached hydrogen (secondary N) is 1. The van der Waals surface area contributed by atoms with Gasteiger partial charge in [0, 0.05) is 18.5 Å². The van der Waals surface area contributed by atoms with Crippen LogP contribution in [0.15, 0.2) is 51.7 Å². The molecule has 8 heteroatoms. The lowest BCUT2D eigenvalue weighted by Crippen LogP contribution is -3.14. The molecule has 8 nitrogen and oxygen atoms in total. The van der Waals surface area contributed by atoms with Gasteiger partial charge in [0.1, 0.15) is 18.7 Å². The maximum Gasteiger partial charge on any atom is 0.290 e. The third-order valence-corrected chi connectivity index (χ3v) is 6.73. The zero-order valence-electron chi connectivity index (χ0n) is 19.5. The van der Waals surface area contributed by atoms with Crippen molar-refractivity contribution in [1.82, 2.24) is 4.90 Å². The topological polar surface area (TPSA) is 82.7 Å². The number of fused-ring (bicyclic) bond motifs is 2. The molecule has 3 heterocycles. The fourth-order valence-corrected chi connectivity index (χ4v) is 5.06. The Morgan fingerprint density at radius 2 is 1.82 bits per heavy atom. The molecule has 2 aliphatic heterocycles. The van der Waals surface area contributed by atoms with Crippen LogP contribution in [0.3, 0.4) is 0 Å². The van der Waals surface area contributed by atoms with Crippen LogP contribution in [-0.4, -0.2) is 64.4 Å². The van der Waals surface area contributed by atoms with Gasteiger partial charge in [0.25, 0.3) is 5.91 Å². The van der Waals surface area contributed by atoms with Crippen molar-refractivity contribution in [3.63, 3.8) is 0 Å². The fraction of sp³-hybridized carbons (Fsp3) is 0.385. The second-order valence-electron chi connectivity index (χ2n) is 8.62. The van der Waals surface area contributed by atoms with E-state index in [2.05, 4.69) is 0 Å². The average Bonchev–Trinajstić information content (AvgIpc) is 3.15. The van der Waals surface area contributed by atoms with Gasteiger partial charge >= 0.3 is 0 Å². The minimum absolute atomic E-state index is 0.109. The van der Waals surface area contributed by atoms with E-state index in [4.69, 9.17) is 18.6 Å². The maximum absolute atomic E-state index is 13.6. The normalized spacial score (nSPS) is 18.4. The molecule has 34 heavy (non-hydrogen) atoms. The number of ether oxygens (including phenoxy) is 3. The molecule has 1 saturated heterocycles. The van der Waals surface area contributed by atoms with Crippen LogP contribution < -0.4 is 19.8 Å². The molecule has 0 radical (unpaired) electrons. The Hall–Kier alpha value is -3.36. The first-order chi connectivity index (χ1) is 16.6. The van der Waals surface area contributed by atoms with Crippen LogP contribution in [0.4, 0.5) is 0 Å². The van der Waals surface area contributed by atoms with Gasteiger partial charge in [-0.25, -0.2) is 0 Å². The molecule has 1 aromatic heterocycles. The molecule has 0 spiro atoms. The molecule has 178 valence electrons. The van der Waals surface area contributed by atoms with Crippen molar-refractivity contribution in [2.75, 3.05) is 53.6 Å². The molecule has 0 saturated carbocycles. The van der Waals surface area contributed by atoms with Gasteiger partial charge in [-0.2, -0.15) is 0 Å². The van der Waals surface area contributed by atoms with E-state index < -0.39 is 6.04 Å². The Morgan fingerprint density at radius 1 is 1.03 bits per heavy atom. The van der Waals surface area contributed by atoms with E-state index in [0.29, 0.717) is 40.1 Å². The first-order valence-electron chi connectivity index (χ1n) is 11.6. The highest BCUT2D eigenvalue weighted by atomic mass is 16.5. The summed E-state index contributed by atoms with van der Waals surface area (Å²) in [5.74, 6) is 0.887. The quantitative estimate of drug-likeness (QED) is 0.572. The van der Waals surface area contributed by atoms with E-state index in [-0.39, 0.29) is 17.1 Å². The SMILES string of the molecule is COc1cccc([C@@H]2c3c(oc4ccccc4c3=O)C(=O)N2CCC[NH+]2CCOCC2)c1OC. The number of hydrogen-bond acceptors (Lipinski definition) is 6. The Kier molecular flexibility index (Phi) is 6.26. The standard InChI is InChI=1S/C26H28N2O6/c1-31-20-10-5-8-18(24(20)32-2)22-21-23(29)17-7-3-4-9-19(17)34-25(21)26(30)28(22)12-6-11-27-13-15-33-16-14-27/h3-5,7-10,22H,6,11-16H2,1-2H3/p+1/t22-/m1/s1. The van der Waals surface area contributed by atoms with Crippen LogP contribution in [0.25, 0.3) is 11.0 Å². The third kappa shape index (κ3) is 3.82. The van der Waals surface area contributed by atoms with Crippen LogP contribution in [0.5, 0.6) is 11.5 Å². The summed E-state index contributed by atoms with van der Waals surface area (Å²) in [6.45, 7) is 4.87. The zero-order chi connectivity index (χ0) is 23.7. The number of morpholine rings is 1. The van der Waals surface area contributed by atoms with E-state index in [0.717, 1.165) is 39.3 Å². The first kappa shape index (κ1) is 22.4. The minimum Gasteiger partial charge on any atom is -0.493 e. The molecule has 1 amide bonds. The second kappa shape index (κ2) is 9.48. The summed E-state index contributed by atoms with van der Waals surface area (Å²) in [5, 5.41) is 0.459. The van der Waals surface area contributed by atoms with Gasteiger partial charge in [-0.1, -0.05) is 24.3 Å². The summed E-state index contributed by atoms with van der Waals surface area (Å²) in [6, 6.07) is 11.9. The summed E-state index contributed by atoms with van der Waals surface area (Å²) in [7, 11) is 3.13. The van der Waals surface area contributed by atoms with Crippen molar-refractivity contribution in [1.29, 1.82) is 0 Å². The van der Waals surface area contributed by atoms with Crippen molar-refractivity contribution in [2.24, 2.45) is 0 Å². The fourth-order valence-electron chi connectivity index (χ4n) is 5.06. The van der Waals surface area contributed by atoms with E-state index in [1.165, 1.54) is 4.90 Å². The molecule has 1 N–H and O–H groups in total. The van der Waals surface area contributed by atoms with Crippen LogP contribution in [0.2, 0.25) is 0 Å². The summed E-state index contributed by atoms with van der Waals surface area (Å²) in [6.07, 6.45) is 0.797. The molecule has 1 atom stereocenters. The number of benzene rings is 2. The Labute approximate surface area is 197 Å². The van der Waals surface area contributed by atoms with Crippen molar-refractivity contribution in [3.8, 4) is 11.5 Å². The lowest BCUT2D eigenvalue weighted by atomic mass is 9.97. The molecule has 0 bridgehead atoms. The van der Waals surface area contributed by atoms with E-state index in [1.54, 1.807) is 49.5 Å². The van der Waals surface area contributed by atoms with Crippen molar-refractivity contribution < 1.29 is 28.3 Å². The van der Waals surface area contributed by atoms with Gasteiger partial charge in [0.15, 0.2) is 16.9 Å². The second-order valence-corrected chi connectivity index (χ2v) is 8.62. The minimum atomic E-state index is -0.618. The highest BCUT2D eigenvalue weighted by Crippen LogP contribution is 2.44. The van der Waals surface area contributed by atoms with Crippen LogP contribution in [0.1, 0.15) is 34.1 Å². The smallest absolute Gasteiger partial charge is 0.290 e. The Morgan fingerprint density at radius 3 is 2.59 bits per heavy atom. The molecule has 0 aliphatic carbocycles. The number of rotatable bonds is 7. The predicted molar refractivity (Wildman–Crippen MR) is 126 cm³/mol. The Bertz CT molecular complexity index is 1260. The number of hydrogen-bond donors (Lipinski definition) is 1. The summed E-state index contributed by atoms with van der Waals surface area (Å²) in [5.41, 5.74) is 1.28. The maximum atomic E-state index is 13.6. The third-order valence-electron chi connectivity index (χ3n) is 6.73. The highest BCUT2D eigenvalue weighted by molar-refractivity contribution is 5.99. The number of carbonyl (C=O) groups excluding carboxylic acids is 1. The van der Waals surface area contributed by atoms with Gasteiger partial charge in [-0.15, -0.1) is 0 Å². The lowest BCUT2D eigenvalue weighted by molar-refractivity contribution is -0.908. The summed E-state index contributed by atoms with van der Waals surface area (Å²) >= 11 is 0. The van der Waals surface area contributed by atoms with Crippen molar-refractivity contribution in [2.45, 2.75) is 12.5 Å². The molecular formula is C26H29N2O6+. The number of nitrogens with zero attached hydrogens (tertiary/aromatic N) is 1. The lowest BCUT2D eigenvalue weighted by Gasteiger charge is -2.28. The Balaban J connectivity index is 1.59. The molecule has 2 aromatic carbocycles.